The SMILES string of the molecule is O=C1N(CO)CN1CO. The van der Waals surface area contributed by atoms with Gasteiger partial charge in [0.15, 0.2) is 0 Å². The Morgan fingerprint density at radius 1 is 1.33 bits per heavy atom. The van der Waals surface area contributed by atoms with Crippen molar-refractivity contribution < 1.29 is 15.0 Å². The van der Waals surface area contributed by atoms with E-state index >= 15 is 0 Å². The van der Waals surface area contributed by atoms with E-state index in [2.05, 4.69) is 0 Å². The van der Waals surface area contributed by atoms with Gasteiger partial charge in [0.25, 0.3) is 0 Å². The first kappa shape index (κ1) is 6.31. The van der Waals surface area contributed by atoms with Crippen LogP contribution in [-0.2, 0) is 0 Å². The number of carbonyl (C=O) groups excluding carboxylic acids is 1. The Kier molecular flexibility index (Phi) is 1.54. The van der Waals surface area contributed by atoms with Gasteiger partial charge in [0.2, 0.25) is 0 Å². The number of aliphatic hydroxyl groups is 2. The molecule has 2 amide bonds. The molecule has 1 fully saturated rings. The van der Waals surface area contributed by atoms with Crippen molar-refractivity contribution in [2.75, 3.05) is 20.1 Å². The number of aliphatic hydroxyl groups excluding tert-OH is 2. The molecule has 5 heteroatoms. The van der Waals surface area contributed by atoms with Crippen LogP contribution in [0.5, 0.6) is 0 Å². The number of rotatable bonds is 2. The molecule has 1 rings (SSSR count). The minimum absolute atomic E-state index is 0.269. The molecule has 0 aromatic carbocycles. The summed E-state index contributed by atoms with van der Waals surface area (Å²) < 4.78 is 0. The molecule has 0 unspecified atom stereocenters. The second kappa shape index (κ2) is 2.20. The van der Waals surface area contributed by atoms with Crippen LogP contribution in [0.25, 0.3) is 0 Å². The van der Waals surface area contributed by atoms with Crippen LogP contribution in [0, 0.1) is 0 Å². The third-order valence-corrected chi connectivity index (χ3v) is 1.22. The van der Waals surface area contributed by atoms with Gasteiger partial charge >= 0.3 is 6.03 Å². The van der Waals surface area contributed by atoms with E-state index in [1.54, 1.807) is 0 Å². The second-order valence-electron chi connectivity index (χ2n) is 1.79. The van der Waals surface area contributed by atoms with Gasteiger partial charge in [-0.2, -0.15) is 0 Å². The molecule has 0 radical (unpaired) electrons. The number of hydrogen-bond acceptors (Lipinski definition) is 3. The highest BCUT2D eigenvalue weighted by atomic mass is 16.3. The van der Waals surface area contributed by atoms with Crippen molar-refractivity contribution in [1.29, 1.82) is 0 Å². The zero-order chi connectivity index (χ0) is 6.85. The van der Waals surface area contributed by atoms with Crippen LogP contribution < -0.4 is 0 Å². The molecule has 0 aromatic rings. The Morgan fingerprint density at radius 2 is 1.78 bits per heavy atom. The molecule has 1 saturated heterocycles. The summed E-state index contributed by atoms with van der Waals surface area (Å²) in [5.41, 5.74) is 0. The zero-order valence-corrected chi connectivity index (χ0v) is 4.82. The van der Waals surface area contributed by atoms with Gasteiger partial charge in [-0.05, 0) is 0 Å². The molecule has 52 valence electrons. The van der Waals surface area contributed by atoms with Crippen molar-refractivity contribution in [2.24, 2.45) is 0 Å². The summed E-state index contributed by atoms with van der Waals surface area (Å²) >= 11 is 0. The van der Waals surface area contributed by atoms with E-state index in [0.717, 1.165) is 0 Å². The van der Waals surface area contributed by atoms with Gasteiger partial charge in [-0.15, -0.1) is 0 Å². The molecular weight excluding hydrogens is 124 g/mol. The number of hydrogen-bond donors (Lipinski definition) is 2. The summed E-state index contributed by atoms with van der Waals surface area (Å²) in [6.07, 6.45) is 0. The predicted molar refractivity (Wildman–Crippen MR) is 28.1 cm³/mol. The number of amides is 2. The standard InChI is InChI=1S/C4H8N2O3/c7-2-5-1-6(3-8)4(5)9/h7-8H,1-3H2. The van der Waals surface area contributed by atoms with Gasteiger partial charge in [-0.25, -0.2) is 4.79 Å². The summed E-state index contributed by atoms with van der Waals surface area (Å²) in [4.78, 5) is 13.0. The van der Waals surface area contributed by atoms with Crippen molar-refractivity contribution in [3.63, 3.8) is 0 Å². The lowest BCUT2D eigenvalue weighted by Gasteiger charge is -2.39. The summed E-state index contributed by atoms with van der Waals surface area (Å²) in [6, 6.07) is -0.319. The first-order valence-corrected chi connectivity index (χ1v) is 2.55. The van der Waals surface area contributed by atoms with Crippen LogP contribution in [-0.4, -0.2) is 46.2 Å². The number of carbonyl (C=O) groups is 1. The lowest BCUT2D eigenvalue weighted by molar-refractivity contribution is -0.0249. The lowest BCUT2D eigenvalue weighted by atomic mass is 10.5. The van der Waals surface area contributed by atoms with Crippen LogP contribution in [0.3, 0.4) is 0 Å². The summed E-state index contributed by atoms with van der Waals surface area (Å²) in [7, 11) is 0. The van der Waals surface area contributed by atoms with Crippen LogP contribution in [0.2, 0.25) is 0 Å². The smallest absolute Gasteiger partial charge is 0.326 e. The van der Waals surface area contributed by atoms with Crippen LogP contribution in [0.15, 0.2) is 0 Å². The van der Waals surface area contributed by atoms with Gasteiger partial charge < -0.3 is 10.2 Å². The largest absolute Gasteiger partial charge is 0.376 e. The van der Waals surface area contributed by atoms with Crippen LogP contribution >= 0.6 is 0 Å². The van der Waals surface area contributed by atoms with Gasteiger partial charge in [0.1, 0.15) is 20.1 Å². The third-order valence-electron chi connectivity index (χ3n) is 1.22. The summed E-state index contributed by atoms with van der Waals surface area (Å²) in [5.74, 6) is 0. The Labute approximate surface area is 52.1 Å². The minimum Gasteiger partial charge on any atom is -0.376 e. The van der Waals surface area contributed by atoms with E-state index in [-0.39, 0.29) is 19.5 Å². The first-order valence-electron chi connectivity index (χ1n) is 2.55. The molecule has 1 aliphatic heterocycles. The maximum Gasteiger partial charge on any atom is 0.326 e. The normalized spacial score (nSPS) is 18.2. The molecule has 0 aliphatic carbocycles. The minimum atomic E-state index is -0.319. The Bertz CT molecular complexity index is 115. The average Bonchev–Trinajstić information content (AvgIpc) is 1.87. The molecular formula is C4H8N2O3. The Morgan fingerprint density at radius 3 is 2.00 bits per heavy atom. The Balaban J connectivity index is 2.33. The quantitative estimate of drug-likeness (QED) is 0.484. The molecule has 0 bridgehead atoms. The fraction of sp³-hybridized carbons (Fsp3) is 0.750. The van der Waals surface area contributed by atoms with E-state index in [1.807, 2.05) is 0 Å². The molecule has 1 heterocycles. The second-order valence-corrected chi connectivity index (χ2v) is 1.79. The summed E-state index contributed by atoms with van der Waals surface area (Å²) in [5, 5.41) is 16.7. The molecule has 0 atom stereocenters. The molecule has 2 N–H and O–H groups in total. The average molecular weight is 132 g/mol. The topological polar surface area (TPSA) is 64.0 Å². The lowest BCUT2D eigenvalue weighted by Crippen LogP contribution is -2.59. The fourth-order valence-electron chi connectivity index (χ4n) is 0.660. The number of nitrogens with zero attached hydrogens (tertiary/aromatic N) is 2. The molecule has 0 aromatic heterocycles. The molecule has 9 heavy (non-hydrogen) atoms. The number of urea groups is 1. The van der Waals surface area contributed by atoms with Gasteiger partial charge in [0, 0.05) is 0 Å². The maximum atomic E-state index is 10.6. The van der Waals surface area contributed by atoms with Gasteiger partial charge in [-0.3, -0.25) is 9.80 Å². The van der Waals surface area contributed by atoms with Crippen molar-refractivity contribution >= 4 is 6.03 Å². The highest BCUT2D eigenvalue weighted by Crippen LogP contribution is 2.08. The molecule has 0 saturated carbocycles. The van der Waals surface area contributed by atoms with Crippen molar-refractivity contribution in [2.45, 2.75) is 0 Å². The molecule has 1 aliphatic rings. The van der Waals surface area contributed by atoms with E-state index in [1.165, 1.54) is 9.80 Å². The van der Waals surface area contributed by atoms with Crippen LogP contribution in [0.1, 0.15) is 0 Å². The fourth-order valence-corrected chi connectivity index (χ4v) is 0.660. The maximum absolute atomic E-state index is 10.6. The van der Waals surface area contributed by atoms with Crippen molar-refractivity contribution in [3.05, 3.63) is 0 Å². The zero-order valence-electron chi connectivity index (χ0n) is 4.82. The van der Waals surface area contributed by atoms with Crippen molar-refractivity contribution in [3.8, 4) is 0 Å². The predicted octanol–water partition coefficient (Wildman–Crippen LogP) is -1.42. The van der Waals surface area contributed by atoms with E-state index < -0.39 is 0 Å². The van der Waals surface area contributed by atoms with E-state index in [4.69, 9.17) is 10.2 Å². The first-order chi connectivity index (χ1) is 4.29. The van der Waals surface area contributed by atoms with E-state index in [0.29, 0.717) is 6.67 Å². The highest BCUT2D eigenvalue weighted by molar-refractivity contribution is 5.78. The Hall–Kier alpha value is -0.810. The molecule has 5 nitrogen and oxygen atoms in total. The van der Waals surface area contributed by atoms with Gasteiger partial charge in [0.05, 0.1) is 0 Å². The molecule has 0 spiro atoms. The summed E-state index contributed by atoms with van der Waals surface area (Å²) in [6.45, 7) is -0.212. The third kappa shape index (κ3) is 0.839. The monoisotopic (exact) mass is 132 g/mol. The highest BCUT2D eigenvalue weighted by Gasteiger charge is 2.31. The van der Waals surface area contributed by atoms with Crippen molar-refractivity contribution in [1.82, 2.24) is 9.80 Å². The van der Waals surface area contributed by atoms with E-state index in [9.17, 15) is 4.79 Å². The van der Waals surface area contributed by atoms with Crippen LogP contribution in [0.4, 0.5) is 4.79 Å². The van der Waals surface area contributed by atoms with Gasteiger partial charge in [-0.1, -0.05) is 0 Å².